The Bertz CT molecular complexity index is 457. The first-order valence-electron chi connectivity index (χ1n) is 6.61. The maximum absolute atomic E-state index is 11.7. The van der Waals surface area contributed by atoms with Crippen LogP contribution in [0.2, 0.25) is 0 Å². The summed E-state index contributed by atoms with van der Waals surface area (Å²) in [6.07, 6.45) is 0.315. The minimum Gasteiger partial charge on any atom is -0.480 e. The molecule has 110 valence electrons. The SMILES string of the molecule is Cc1ccc(SCCC(=O)NC(C(=O)O)C(C)C)cc1. The lowest BCUT2D eigenvalue weighted by molar-refractivity contribution is -0.143. The van der Waals surface area contributed by atoms with Gasteiger partial charge < -0.3 is 10.4 Å². The second kappa shape index (κ2) is 7.94. The highest BCUT2D eigenvalue weighted by Gasteiger charge is 2.22. The van der Waals surface area contributed by atoms with Crippen molar-refractivity contribution >= 4 is 23.6 Å². The van der Waals surface area contributed by atoms with Gasteiger partial charge in [-0.3, -0.25) is 4.79 Å². The molecule has 1 rings (SSSR count). The van der Waals surface area contributed by atoms with E-state index in [4.69, 9.17) is 5.11 Å². The Labute approximate surface area is 124 Å². The molecule has 1 aromatic carbocycles. The Hall–Kier alpha value is -1.49. The Morgan fingerprint density at radius 2 is 1.85 bits per heavy atom. The average molecular weight is 295 g/mol. The molecule has 0 fully saturated rings. The molecule has 0 aliphatic heterocycles. The van der Waals surface area contributed by atoms with Gasteiger partial charge in [0.2, 0.25) is 5.91 Å². The monoisotopic (exact) mass is 295 g/mol. The molecule has 5 heteroatoms. The van der Waals surface area contributed by atoms with E-state index < -0.39 is 12.0 Å². The second-order valence-electron chi connectivity index (χ2n) is 5.04. The minimum absolute atomic E-state index is 0.124. The van der Waals surface area contributed by atoms with Crippen LogP contribution in [-0.2, 0) is 9.59 Å². The zero-order chi connectivity index (χ0) is 15.1. The average Bonchev–Trinajstić information content (AvgIpc) is 2.37. The number of rotatable bonds is 7. The fourth-order valence-electron chi connectivity index (χ4n) is 1.66. The highest BCUT2D eigenvalue weighted by Crippen LogP contribution is 2.19. The van der Waals surface area contributed by atoms with E-state index in [2.05, 4.69) is 5.32 Å². The van der Waals surface area contributed by atoms with Gasteiger partial charge >= 0.3 is 5.97 Å². The lowest BCUT2D eigenvalue weighted by Crippen LogP contribution is -2.44. The molecule has 0 aliphatic carbocycles. The number of carboxylic acids is 1. The molecule has 0 saturated carbocycles. The van der Waals surface area contributed by atoms with Crippen LogP contribution >= 0.6 is 11.8 Å². The fraction of sp³-hybridized carbons (Fsp3) is 0.467. The van der Waals surface area contributed by atoms with Crippen LogP contribution in [0.5, 0.6) is 0 Å². The van der Waals surface area contributed by atoms with Crippen LogP contribution in [0.25, 0.3) is 0 Å². The highest BCUT2D eigenvalue weighted by molar-refractivity contribution is 7.99. The topological polar surface area (TPSA) is 66.4 Å². The third-order valence-electron chi connectivity index (χ3n) is 2.87. The maximum atomic E-state index is 11.7. The molecular weight excluding hydrogens is 274 g/mol. The molecule has 0 heterocycles. The zero-order valence-corrected chi connectivity index (χ0v) is 12.9. The minimum atomic E-state index is -0.987. The first kappa shape index (κ1) is 16.6. The third-order valence-corrected chi connectivity index (χ3v) is 3.88. The van der Waals surface area contributed by atoms with Crippen molar-refractivity contribution in [3.8, 4) is 0 Å². The van der Waals surface area contributed by atoms with Crippen molar-refractivity contribution in [3.63, 3.8) is 0 Å². The van der Waals surface area contributed by atoms with E-state index in [1.807, 2.05) is 31.2 Å². The Kier molecular flexibility index (Phi) is 6.58. The summed E-state index contributed by atoms with van der Waals surface area (Å²) in [5.41, 5.74) is 1.20. The Balaban J connectivity index is 2.36. The van der Waals surface area contributed by atoms with Gasteiger partial charge in [-0.15, -0.1) is 11.8 Å². The fourth-order valence-corrected chi connectivity index (χ4v) is 2.51. The van der Waals surface area contributed by atoms with Gasteiger partial charge in [-0.25, -0.2) is 4.79 Å². The zero-order valence-electron chi connectivity index (χ0n) is 12.1. The van der Waals surface area contributed by atoms with Crippen LogP contribution in [0.1, 0.15) is 25.8 Å². The Morgan fingerprint density at radius 1 is 1.25 bits per heavy atom. The van der Waals surface area contributed by atoms with Crippen molar-refractivity contribution in [3.05, 3.63) is 29.8 Å². The molecule has 0 bridgehead atoms. The molecule has 1 aromatic rings. The smallest absolute Gasteiger partial charge is 0.326 e. The highest BCUT2D eigenvalue weighted by atomic mass is 32.2. The van der Waals surface area contributed by atoms with E-state index in [0.717, 1.165) is 4.90 Å². The Morgan fingerprint density at radius 3 is 2.35 bits per heavy atom. The molecule has 0 radical (unpaired) electrons. The van der Waals surface area contributed by atoms with E-state index in [9.17, 15) is 9.59 Å². The largest absolute Gasteiger partial charge is 0.480 e. The molecule has 0 aromatic heterocycles. The van der Waals surface area contributed by atoms with Crippen molar-refractivity contribution in [2.45, 2.75) is 38.1 Å². The van der Waals surface area contributed by atoms with Crippen LogP contribution in [0, 0.1) is 12.8 Å². The van der Waals surface area contributed by atoms with E-state index in [1.165, 1.54) is 5.56 Å². The molecule has 0 spiro atoms. The predicted molar refractivity (Wildman–Crippen MR) is 80.9 cm³/mol. The summed E-state index contributed by atoms with van der Waals surface area (Å²) in [6.45, 7) is 5.58. The van der Waals surface area contributed by atoms with Crippen molar-refractivity contribution in [2.75, 3.05) is 5.75 Å². The lowest BCUT2D eigenvalue weighted by Gasteiger charge is -2.17. The van der Waals surface area contributed by atoms with E-state index in [-0.39, 0.29) is 11.8 Å². The molecule has 20 heavy (non-hydrogen) atoms. The van der Waals surface area contributed by atoms with Crippen molar-refractivity contribution in [2.24, 2.45) is 5.92 Å². The van der Waals surface area contributed by atoms with Gasteiger partial charge in [-0.1, -0.05) is 31.5 Å². The number of hydrogen-bond acceptors (Lipinski definition) is 3. The van der Waals surface area contributed by atoms with Gasteiger partial charge in [0.05, 0.1) is 0 Å². The molecular formula is C15H21NO3S. The summed E-state index contributed by atoms with van der Waals surface area (Å²) in [4.78, 5) is 23.8. The number of amides is 1. The number of nitrogens with one attached hydrogen (secondary N) is 1. The van der Waals surface area contributed by atoms with Gasteiger partial charge in [0.25, 0.3) is 0 Å². The van der Waals surface area contributed by atoms with Crippen molar-refractivity contribution in [1.29, 1.82) is 0 Å². The number of benzene rings is 1. The molecule has 2 N–H and O–H groups in total. The summed E-state index contributed by atoms with van der Waals surface area (Å²) >= 11 is 1.59. The van der Waals surface area contributed by atoms with Crippen molar-refractivity contribution < 1.29 is 14.7 Å². The summed E-state index contributed by atoms with van der Waals surface area (Å²) < 4.78 is 0. The summed E-state index contributed by atoms with van der Waals surface area (Å²) in [5, 5.41) is 11.6. The number of aliphatic carboxylic acids is 1. The number of carbonyl (C=O) groups excluding carboxylic acids is 1. The lowest BCUT2D eigenvalue weighted by atomic mass is 10.0. The molecule has 1 unspecified atom stereocenters. The summed E-state index contributed by atoms with van der Waals surface area (Å²) in [5.74, 6) is -0.689. The van der Waals surface area contributed by atoms with Gasteiger partial charge in [0.15, 0.2) is 0 Å². The first-order valence-corrected chi connectivity index (χ1v) is 7.60. The third kappa shape index (κ3) is 5.65. The quantitative estimate of drug-likeness (QED) is 0.759. The van der Waals surface area contributed by atoms with E-state index in [1.54, 1.807) is 25.6 Å². The predicted octanol–water partition coefficient (Wildman–Crippen LogP) is 2.70. The molecule has 1 atom stereocenters. The van der Waals surface area contributed by atoms with Crippen LogP contribution < -0.4 is 5.32 Å². The number of thioether (sulfide) groups is 1. The molecule has 1 amide bonds. The van der Waals surface area contributed by atoms with Crippen LogP contribution in [0.15, 0.2) is 29.2 Å². The molecule has 4 nitrogen and oxygen atoms in total. The van der Waals surface area contributed by atoms with Crippen LogP contribution in [0.4, 0.5) is 0 Å². The van der Waals surface area contributed by atoms with Gasteiger partial charge in [-0.05, 0) is 25.0 Å². The second-order valence-corrected chi connectivity index (χ2v) is 6.21. The molecule has 0 aliphatic rings. The summed E-state index contributed by atoms with van der Waals surface area (Å²) in [6, 6.07) is 7.29. The normalized spacial score (nSPS) is 12.2. The van der Waals surface area contributed by atoms with E-state index in [0.29, 0.717) is 12.2 Å². The van der Waals surface area contributed by atoms with E-state index >= 15 is 0 Å². The van der Waals surface area contributed by atoms with Gasteiger partial charge in [0, 0.05) is 17.1 Å². The maximum Gasteiger partial charge on any atom is 0.326 e. The standard InChI is InChI=1S/C15H21NO3S/c1-10(2)14(15(18)19)16-13(17)8-9-20-12-6-4-11(3)5-7-12/h4-7,10,14H,8-9H2,1-3H3,(H,16,17)(H,18,19). The number of carbonyl (C=O) groups is 2. The van der Waals surface area contributed by atoms with Crippen LogP contribution in [0.3, 0.4) is 0 Å². The van der Waals surface area contributed by atoms with Gasteiger partial charge in [-0.2, -0.15) is 0 Å². The number of carboxylic acid groups (broad SMARTS) is 1. The van der Waals surface area contributed by atoms with Crippen LogP contribution in [-0.4, -0.2) is 28.8 Å². The summed E-state index contributed by atoms with van der Waals surface area (Å²) in [7, 11) is 0. The first-order chi connectivity index (χ1) is 9.40. The number of hydrogen-bond donors (Lipinski definition) is 2. The number of aryl methyl sites for hydroxylation is 1. The van der Waals surface area contributed by atoms with Crippen molar-refractivity contribution in [1.82, 2.24) is 5.32 Å². The molecule has 0 saturated heterocycles. The van der Waals surface area contributed by atoms with Gasteiger partial charge in [0.1, 0.15) is 6.04 Å².